The van der Waals surface area contributed by atoms with E-state index in [1.165, 1.54) is 0 Å². The lowest BCUT2D eigenvalue weighted by Crippen LogP contribution is -2.41. The van der Waals surface area contributed by atoms with Crippen LogP contribution in [-0.2, 0) is 4.79 Å². The molecule has 1 saturated heterocycles. The Kier molecular flexibility index (Phi) is 8.93. The zero-order valence-electron chi connectivity index (χ0n) is 14.8. The quantitative estimate of drug-likeness (QED) is 0.702. The molecule has 0 saturated carbocycles. The molecule has 2 unspecified atom stereocenters. The first-order valence-corrected chi connectivity index (χ1v) is 8.50. The molecule has 1 aliphatic heterocycles. The summed E-state index contributed by atoms with van der Waals surface area (Å²) in [4.78, 5) is 12.2. The Balaban J connectivity index is 0.00000288. The Morgan fingerprint density at radius 3 is 2.83 bits per heavy atom. The summed E-state index contributed by atoms with van der Waals surface area (Å²) in [7, 11) is 1.64. The average Bonchev–Trinajstić information content (AvgIpc) is 3.09. The van der Waals surface area contributed by atoms with Crippen molar-refractivity contribution in [3.8, 4) is 11.5 Å². The topological polar surface area (TPSA) is 59.6 Å². The summed E-state index contributed by atoms with van der Waals surface area (Å²) in [5, 5.41) is 6.28. The second-order valence-electron chi connectivity index (χ2n) is 5.99. The Morgan fingerprint density at radius 2 is 2.21 bits per heavy atom. The summed E-state index contributed by atoms with van der Waals surface area (Å²) >= 11 is 0. The van der Waals surface area contributed by atoms with Crippen molar-refractivity contribution in [3.63, 3.8) is 0 Å². The number of hydrogen-bond acceptors (Lipinski definition) is 4. The molecule has 6 heteroatoms. The van der Waals surface area contributed by atoms with Gasteiger partial charge >= 0.3 is 0 Å². The molecule has 0 aliphatic carbocycles. The van der Waals surface area contributed by atoms with Crippen molar-refractivity contribution in [2.45, 2.75) is 51.6 Å². The number of methoxy groups -OCH3 is 1. The van der Waals surface area contributed by atoms with Crippen LogP contribution in [0.4, 0.5) is 0 Å². The second-order valence-corrected chi connectivity index (χ2v) is 5.99. The molecule has 1 aromatic carbocycles. The number of halogens is 1. The minimum atomic E-state index is -0.0662. The largest absolute Gasteiger partial charge is 0.493 e. The van der Waals surface area contributed by atoms with Crippen LogP contribution < -0.4 is 20.1 Å². The molecular formula is C18H29ClN2O3. The van der Waals surface area contributed by atoms with Gasteiger partial charge in [0.15, 0.2) is 11.5 Å². The Morgan fingerprint density at radius 1 is 1.42 bits per heavy atom. The molecule has 1 aromatic rings. The number of carbonyl (C=O) groups excluding carboxylic acids is 1. The molecular weight excluding hydrogens is 328 g/mol. The van der Waals surface area contributed by atoms with Crippen LogP contribution in [0.3, 0.4) is 0 Å². The van der Waals surface area contributed by atoms with Gasteiger partial charge in [-0.3, -0.25) is 4.79 Å². The highest BCUT2D eigenvalue weighted by Crippen LogP contribution is 2.30. The van der Waals surface area contributed by atoms with Crippen molar-refractivity contribution < 1.29 is 14.3 Å². The SMILES string of the molecule is CCCCOc1ccc(C(C)NC(=O)C2CCCN2)cc1OC.Cl. The molecule has 1 aliphatic rings. The first-order chi connectivity index (χ1) is 11.2. The summed E-state index contributed by atoms with van der Waals surface area (Å²) in [6.07, 6.45) is 4.08. The number of ether oxygens (including phenoxy) is 2. The third-order valence-electron chi connectivity index (χ3n) is 4.18. The van der Waals surface area contributed by atoms with Gasteiger partial charge in [-0.05, 0) is 50.4 Å². The number of amides is 1. The van der Waals surface area contributed by atoms with E-state index in [1.807, 2.05) is 25.1 Å². The second kappa shape index (κ2) is 10.4. The lowest BCUT2D eigenvalue weighted by Gasteiger charge is -2.19. The normalized spacial score (nSPS) is 17.7. The van der Waals surface area contributed by atoms with E-state index in [2.05, 4.69) is 17.6 Å². The van der Waals surface area contributed by atoms with E-state index in [0.717, 1.165) is 43.5 Å². The van der Waals surface area contributed by atoms with Crippen LogP contribution in [0.1, 0.15) is 51.1 Å². The van der Waals surface area contributed by atoms with Gasteiger partial charge in [-0.2, -0.15) is 0 Å². The van der Waals surface area contributed by atoms with Gasteiger partial charge in [-0.25, -0.2) is 0 Å². The zero-order valence-corrected chi connectivity index (χ0v) is 15.6. The zero-order chi connectivity index (χ0) is 16.7. The van der Waals surface area contributed by atoms with Crippen molar-refractivity contribution in [1.82, 2.24) is 10.6 Å². The minimum Gasteiger partial charge on any atom is -0.493 e. The molecule has 1 amide bonds. The fourth-order valence-electron chi connectivity index (χ4n) is 2.70. The van der Waals surface area contributed by atoms with Gasteiger partial charge in [0.1, 0.15) is 0 Å². The van der Waals surface area contributed by atoms with Crippen molar-refractivity contribution in [1.29, 1.82) is 0 Å². The molecule has 1 heterocycles. The number of hydrogen-bond donors (Lipinski definition) is 2. The standard InChI is InChI=1S/C18H28N2O3.ClH/c1-4-5-11-23-16-9-8-14(12-17(16)22-3)13(2)20-18(21)15-7-6-10-19-15;/h8-9,12-13,15,19H,4-7,10-11H2,1-3H3,(H,20,21);1H. The fourth-order valence-corrected chi connectivity index (χ4v) is 2.70. The molecule has 0 spiro atoms. The molecule has 0 radical (unpaired) electrons. The third kappa shape index (κ3) is 5.56. The molecule has 0 aromatic heterocycles. The summed E-state index contributed by atoms with van der Waals surface area (Å²) in [5.41, 5.74) is 1.01. The summed E-state index contributed by atoms with van der Waals surface area (Å²) < 4.78 is 11.2. The van der Waals surface area contributed by atoms with Crippen molar-refractivity contribution in [2.75, 3.05) is 20.3 Å². The third-order valence-corrected chi connectivity index (χ3v) is 4.18. The van der Waals surface area contributed by atoms with E-state index in [-0.39, 0.29) is 30.4 Å². The molecule has 2 atom stereocenters. The molecule has 136 valence electrons. The Labute approximate surface area is 150 Å². The van der Waals surface area contributed by atoms with E-state index in [9.17, 15) is 4.79 Å². The van der Waals surface area contributed by atoms with Crippen molar-refractivity contribution >= 4 is 18.3 Å². The lowest BCUT2D eigenvalue weighted by molar-refractivity contribution is -0.123. The molecule has 2 N–H and O–H groups in total. The molecule has 1 fully saturated rings. The van der Waals surface area contributed by atoms with Crippen molar-refractivity contribution in [2.24, 2.45) is 0 Å². The molecule has 5 nitrogen and oxygen atoms in total. The fraction of sp³-hybridized carbons (Fsp3) is 0.611. The highest BCUT2D eigenvalue weighted by Gasteiger charge is 2.23. The maximum Gasteiger partial charge on any atom is 0.237 e. The molecule has 24 heavy (non-hydrogen) atoms. The van der Waals surface area contributed by atoms with Crippen LogP contribution in [0.5, 0.6) is 11.5 Å². The lowest BCUT2D eigenvalue weighted by atomic mass is 10.1. The first-order valence-electron chi connectivity index (χ1n) is 8.50. The van der Waals surface area contributed by atoms with Crippen LogP contribution in [0.2, 0.25) is 0 Å². The number of unbranched alkanes of at least 4 members (excludes halogenated alkanes) is 1. The molecule has 2 rings (SSSR count). The van der Waals surface area contributed by atoms with Gasteiger partial charge in [0, 0.05) is 0 Å². The van der Waals surface area contributed by atoms with E-state index in [4.69, 9.17) is 9.47 Å². The van der Waals surface area contributed by atoms with E-state index in [1.54, 1.807) is 7.11 Å². The van der Waals surface area contributed by atoms with E-state index in [0.29, 0.717) is 12.4 Å². The van der Waals surface area contributed by atoms with Crippen molar-refractivity contribution in [3.05, 3.63) is 23.8 Å². The molecule has 0 bridgehead atoms. The van der Waals surface area contributed by atoms with Gasteiger partial charge in [-0.15, -0.1) is 12.4 Å². The summed E-state index contributed by atoms with van der Waals surface area (Å²) in [5.74, 6) is 1.52. The monoisotopic (exact) mass is 356 g/mol. The smallest absolute Gasteiger partial charge is 0.237 e. The summed E-state index contributed by atoms with van der Waals surface area (Å²) in [6.45, 7) is 5.72. The first kappa shape index (κ1) is 20.6. The Hall–Kier alpha value is -1.46. The maximum absolute atomic E-state index is 12.2. The Bertz CT molecular complexity index is 519. The highest BCUT2D eigenvalue weighted by molar-refractivity contribution is 5.85. The van der Waals surface area contributed by atoms with Crippen LogP contribution >= 0.6 is 12.4 Å². The van der Waals surface area contributed by atoms with Crippen LogP contribution in [0, 0.1) is 0 Å². The number of carbonyl (C=O) groups is 1. The van der Waals surface area contributed by atoms with Gasteiger partial charge in [-0.1, -0.05) is 19.4 Å². The van der Waals surface area contributed by atoms with Gasteiger partial charge < -0.3 is 20.1 Å². The van der Waals surface area contributed by atoms with Gasteiger partial charge in [0.25, 0.3) is 0 Å². The van der Waals surface area contributed by atoms with E-state index < -0.39 is 0 Å². The predicted molar refractivity (Wildman–Crippen MR) is 98.2 cm³/mol. The van der Waals surface area contributed by atoms with Gasteiger partial charge in [0.05, 0.1) is 25.8 Å². The maximum atomic E-state index is 12.2. The van der Waals surface area contributed by atoms with Crippen LogP contribution in [0.25, 0.3) is 0 Å². The number of rotatable bonds is 8. The predicted octanol–water partition coefficient (Wildman–Crippen LogP) is 3.23. The van der Waals surface area contributed by atoms with Crippen LogP contribution in [0.15, 0.2) is 18.2 Å². The highest BCUT2D eigenvalue weighted by atomic mass is 35.5. The summed E-state index contributed by atoms with van der Waals surface area (Å²) in [6, 6.07) is 5.71. The minimum absolute atomic E-state index is 0. The number of benzene rings is 1. The number of nitrogens with one attached hydrogen (secondary N) is 2. The van der Waals surface area contributed by atoms with E-state index >= 15 is 0 Å². The average molecular weight is 357 g/mol. The van der Waals surface area contributed by atoms with Crippen LogP contribution in [-0.4, -0.2) is 32.2 Å². The van der Waals surface area contributed by atoms with Gasteiger partial charge in [0.2, 0.25) is 5.91 Å².